The average molecular weight is 317 g/mol. The molecule has 6 heteroatoms. The van der Waals surface area contributed by atoms with Gasteiger partial charge in [0.05, 0.1) is 23.0 Å². The first-order valence-corrected chi connectivity index (χ1v) is 6.34. The molecule has 1 heterocycles. The van der Waals surface area contributed by atoms with E-state index in [0.29, 0.717) is 17.1 Å². The normalized spacial score (nSPS) is 12.7. The lowest BCUT2D eigenvalue weighted by atomic mass is 10.2. The van der Waals surface area contributed by atoms with Crippen LogP contribution in [0.4, 0.5) is 0 Å². The molecule has 0 radical (unpaired) electrons. The summed E-state index contributed by atoms with van der Waals surface area (Å²) in [7, 11) is 0. The van der Waals surface area contributed by atoms with Gasteiger partial charge in [-0.15, -0.1) is 5.10 Å². The van der Waals surface area contributed by atoms with Crippen molar-refractivity contribution in [2.45, 2.75) is 19.4 Å². The molecule has 0 aliphatic rings. The van der Waals surface area contributed by atoms with Crippen LogP contribution in [0.15, 0.2) is 28.9 Å². The van der Waals surface area contributed by atoms with E-state index in [-0.39, 0.29) is 0 Å². The Labute approximate surface area is 112 Å². The molecule has 0 bridgehead atoms. The summed E-state index contributed by atoms with van der Waals surface area (Å²) in [6, 6.07) is 5.50. The van der Waals surface area contributed by atoms with Gasteiger partial charge in [-0.2, -0.15) is 0 Å². The van der Waals surface area contributed by atoms with Gasteiger partial charge < -0.3 is 5.11 Å². The van der Waals surface area contributed by atoms with Crippen molar-refractivity contribution in [2.75, 3.05) is 0 Å². The molecule has 1 aromatic heterocycles. The number of aliphatic hydroxyl groups excluding tert-OH is 1. The van der Waals surface area contributed by atoms with Crippen molar-refractivity contribution in [3.8, 4) is 5.69 Å². The molecular weight excluding hydrogens is 305 g/mol. The van der Waals surface area contributed by atoms with Crippen molar-refractivity contribution in [3.63, 3.8) is 0 Å². The number of aromatic nitrogens is 3. The fraction of sp³-hybridized carbons (Fsp3) is 0.273. The lowest BCUT2D eigenvalue weighted by Gasteiger charge is -2.03. The van der Waals surface area contributed by atoms with Gasteiger partial charge in [0.15, 0.2) is 0 Å². The number of benzene rings is 1. The van der Waals surface area contributed by atoms with Gasteiger partial charge in [-0.25, -0.2) is 4.68 Å². The Morgan fingerprint density at radius 3 is 2.94 bits per heavy atom. The summed E-state index contributed by atoms with van der Waals surface area (Å²) in [6.45, 7) is 1.89. The predicted molar refractivity (Wildman–Crippen MR) is 69.3 cm³/mol. The highest BCUT2D eigenvalue weighted by atomic mass is 79.9. The molecule has 0 aliphatic heterocycles. The van der Waals surface area contributed by atoms with E-state index in [9.17, 15) is 5.11 Å². The molecule has 2 rings (SSSR count). The summed E-state index contributed by atoms with van der Waals surface area (Å²) in [5.41, 5.74) is 1.28. The van der Waals surface area contributed by atoms with Crippen LogP contribution in [0.5, 0.6) is 0 Å². The van der Waals surface area contributed by atoms with E-state index in [2.05, 4.69) is 26.2 Å². The molecule has 0 saturated carbocycles. The van der Waals surface area contributed by atoms with E-state index < -0.39 is 6.10 Å². The molecule has 4 nitrogen and oxygen atoms in total. The zero-order valence-electron chi connectivity index (χ0n) is 9.14. The molecule has 1 aromatic carbocycles. The number of hydrogen-bond acceptors (Lipinski definition) is 3. The van der Waals surface area contributed by atoms with Gasteiger partial charge in [0.2, 0.25) is 0 Å². The van der Waals surface area contributed by atoms with Gasteiger partial charge in [0.1, 0.15) is 5.69 Å². The first kappa shape index (κ1) is 12.5. The van der Waals surface area contributed by atoms with Crippen molar-refractivity contribution < 1.29 is 5.11 Å². The Bertz CT molecular complexity index is 529. The van der Waals surface area contributed by atoms with Crippen LogP contribution in [0.3, 0.4) is 0 Å². The Hall–Kier alpha value is -0.910. The summed E-state index contributed by atoms with van der Waals surface area (Å²) in [4.78, 5) is 0. The quantitative estimate of drug-likeness (QED) is 0.946. The van der Waals surface area contributed by atoms with Gasteiger partial charge in [0.25, 0.3) is 0 Å². The zero-order chi connectivity index (χ0) is 12.4. The topological polar surface area (TPSA) is 50.9 Å². The second-order valence-corrected chi connectivity index (χ2v) is 4.93. The van der Waals surface area contributed by atoms with Crippen LogP contribution in [0.1, 0.15) is 25.1 Å². The third kappa shape index (κ3) is 2.68. The maximum atomic E-state index is 9.65. The highest BCUT2D eigenvalue weighted by molar-refractivity contribution is 9.10. The Balaban J connectivity index is 2.37. The smallest absolute Gasteiger partial charge is 0.112 e. The fourth-order valence-corrected chi connectivity index (χ4v) is 2.18. The minimum Gasteiger partial charge on any atom is -0.387 e. The Kier molecular flexibility index (Phi) is 3.81. The van der Waals surface area contributed by atoms with Crippen LogP contribution in [-0.2, 0) is 0 Å². The second kappa shape index (κ2) is 5.16. The van der Waals surface area contributed by atoms with Crippen molar-refractivity contribution >= 4 is 27.5 Å². The van der Waals surface area contributed by atoms with Crippen LogP contribution in [-0.4, -0.2) is 20.1 Å². The highest BCUT2D eigenvalue weighted by Gasteiger charge is 2.12. The van der Waals surface area contributed by atoms with Crippen LogP contribution >= 0.6 is 27.5 Å². The predicted octanol–water partition coefficient (Wildman–Crippen LogP) is 3.13. The third-order valence-electron chi connectivity index (χ3n) is 2.40. The van der Waals surface area contributed by atoms with Crippen LogP contribution in [0.2, 0.25) is 5.02 Å². The molecule has 0 aliphatic carbocycles. The maximum Gasteiger partial charge on any atom is 0.112 e. The van der Waals surface area contributed by atoms with E-state index in [1.54, 1.807) is 16.9 Å². The minimum absolute atomic E-state index is 0.548. The van der Waals surface area contributed by atoms with Crippen LogP contribution in [0.25, 0.3) is 5.69 Å². The molecule has 0 saturated heterocycles. The zero-order valence-corrected chi connectivity index (χ0v) is 11.5. The summed E-state index contributed by atoms with van der Waals surface area (Å²) < 4.78 is 2.46. The summed E-state index contributed by atoms with van der Waals surface area (Å²) in [6.07, 6.45) is 1.70. The molecular formula is C11H11BrClN3O. The summed E-state index contributed by atoms with van der Waals surface area (Å²) in [5.74, 6) is 0. The maximum absolute atomic E-state index is 9.65. The minimum atomic E-state index is -0.585. The first-order valence-electron chi connectivity index (χ1n) is 5.17. The molecule has 90 valence electrons. The number of hydrogen-bond donors (Lipinski definition) is 1. The van der Waals surface area contributed by atoms with Crippen molar-refractivity contribution in [2.24, 2.45) is 0 Å². The largest absolute Gasteiger partial charge is 0.387 e. The standard InChI is InChI=1S/C11H11BrClN3O/c1-2-11(17)9-6-16(15-14-9)10-4-3-7(12)5-8(10)13/h3-6,11,17H,2H2,1H3. The SMILES string of the molecule is CCC(O)c1cn(-c2ccc(Br)cc2Cl)nn1. The van der Waals surface area contributed by atoms with Gasteiger partial charge in [0, 0.05) is 4.47 Å². The number of nitrogens with zero attached hydrogens (tertiary/aromatic N) is 3. The van der Waals surface area contributed by atoms with Gasteiger partial charge in [-0.1, -0.05) is 39.7 Å². The van der Waals surface area contributed by atoms with E-state index in [1.807, 2.05) is 19.1 Å². The number of aliphatic hydroxyl groups is 1. The average Bonchev–Trinajstić information content (AvgIpc) is 2.77. The molecule has 0 amide bonds. The third-order valence-corrected chi connectivity index (χ3v) is 3.19. The van der Waals surface area contributed by atoms with Crippen molar-refractivity contribution in [3.05, 3.63) is 39.6 Å². The van der Waals surface area contributed by atoms with E-state index in [4.69, 9.17) is 11.6 Å². The Morgan fingerprint density at radius 2 is 2.29 bits per heavy atom. The molecule has 2 aromatic rings. The van der Waals surface area contributed by atoms with Crippen molar-refractivity contribution in [1.29, 1.82) is 0 Å². The summed E-state index contributed by atoms with van der Waals surface area (Å²) >= 11 is 9.44. The monoisotopic (exact) mass is 315 g/mol. The number of rotatable bonds is 3. The second-order valence-electron chi connectivity index (χ2n) is 3.61. The fourth-order valence-electron chi connectivity index (χ4n) is 1.42. The van der Waals surface area contributed by atoms with Crippen LogP contribution < -0.4 is 0 Å². The van der Waals surface area contributed by atoms with E-state index in [0.717, 1.165) is 10.2 Å². The van der Waals surface area contributed by atoms with E-state index in [1.165, 1.54) is 0 Å². The van der Waals surface area contributed by atoms with Crippen molar-refractivity contribution in [1.82, 2.24) is 15.0 Å². The molecule has 1 atom stereocenters. The molecule has 1 N–H and O–H groups in total. The van der Waals surface area contributed by atoms with Gasteiger partial charge in [-0.05, 0) is 24.6 Å². The molecule has 1 unspecified atom stereocenters. The van der Waals surface area contributed by atoms with Gasteiger partial charge >= 0.3 is 0 Å². The molecule has 0 fully saturated rings. The molecule has 0 spiro atoms. The Morgan fingerprint density at radius 1 is 1.53 bits per heavy atom. The lowest BCUT2D eigenvalue weighted by Crippen LogP contribution is -1.96. The lowest BCUT2D eigenvalue weighted by molar-refractivity contribution is 0.169. The molecule has 17 heavy (non-hydrogen) atoms. The van der Waals surface area contributed by atoms with Crippen LogP contribution in [0, 0.1) is 0 Å². The van der Waals surface area contributed by atoms with Gasteiger partial charge in [-0.3, -0.25) is 0 Å². The van der Waals surface area contributed by atoms with E-state index >= 15 is 0 Å². The first-order chi connectivity index (χ1) is 8.11. The summed E-state index contributed by atoms with van der Waals surface area (Å²) in [5, 5.41) is 18.1. The number of halogens is 2. The highest BCUT2D eigenvalue weighted by Crippen LogP contribution is 2.24.